The Morgan fingerprint density at radius 1 is 1.30 bits per heavy atom. The lowest BCUT2D eigenvalue weighted by molar-refractivity contribution is -0.126. The van der Waals surface area contributed by atoms with Crippen LogP contribution in [-0.4, -0.2) is 38.9 Å². The summed E-state index contributed by atoms with van der Waals surface area (Å²) in [6, 6.07) is 7.21. The van der Waals surface area contributed by atoms with E-state index in [0.717, 1.165) is 16.5 Å². The molecule has 5 nitrogen and oxygen atoms in total. The fourth-order valence-electron chi connectivity index (χ4n) is 2.06. The number of benzene rings is 1. The van der Waals surface area contributed by atoms with Crippen molar-refractivity contribution in [2.24, 2.45) is 0 Å². The zero-order chi connectivity index (χ0) is 14.8. The molecule has 1 saturated heterocycles. The van der Waals surface area contributed by atoms with Gasteiger partial charge in [-0.2, -0.15) is 0 Å². The minimum absolute atomic E-state index is 0.0415. The largest absolute Gasteiger partial charge is 0.344 e. The van der Waals surface area contributed by atoms with Crippen LogP contribution in [-0.2, 0) is 14.8 Å². The van der Waals surface area contributed by atoms with E-state index in [4.69, 9.17) is 0 Å². The highest BCUT2D eigenvalue weighted by Crippen LogP contribution is 2.11. The molecule has 20 heavy (non-hydrogen) atoms. The summed E-state index contributed by atoms with van der Waals surface area (Å²) in [5, 5.41) is 1.14. The Labute approximate surface area is 119 Å². The van der Waals surface area contributed by atoms with Crippen molar-refractivity contribution in [3.63, 3.8) is 0 Å². The van der Waals surface area contributed by atoms with Gasteiger partial charge in [-0.25, -0.2) is 13.1 Å². The normalized spacial score (nSPS) is 20.0. The summed E-state index contributed by atoms with van der Waals surface area (Å²) in [7, 11) is -1.86. The molecular formula is C14H18N2O3S. The molecule has 6 heteroatoms. The van der Waals surface area contributed by atoms with Crippen molar-refractivity contribution in [3.05, 3.63) is 40.8 Å². The number of carbonyl (C=O) groups is 1. The van der Waals surface area contributed by atoms with E-state index in [2.05, 4.69) is 4.72 Å². The molecule has 0 aromatic heterocycles. The Morgan fingerprint density at radius 3 is 2.50 bits per heavy atom. The predicted octanol–water partition coefficient (Wildman–Crippen LogP) is 1.12. The van der Waals surface area contributed by atoms with Crippen LogP contribution in [0.3, 0.4) is 0 Å². The van der Waals surface area contributed by atoms with Gasteiger partial charge in [0.1, 0.15) is 0 Å². The third-order valence-electron chi connectivity index (χ3n) is 3.19. The number of nitrogens with zero attached hydrogens (tertiary/aromatic N) is 1. The van der Waals surface area contributed by atoms with E-state index in [1.165, 1.54) is 4.90 Å². The minimum Gasteiger partial charge on any atom is -0.344 e. The minimum atomic E-state index is -3.53. The quantitative estimate of drug-likeness (QED) is 0.905. The molecule has 1 N–H and O–H groups in total. The van der Waals surface area contributed by atoms with E-state index < -0.39 is 10.0 Å². The second-order valence-electron chi connectivity index (χ2n) is 5.05. The van der Waals surface area contributed by atoms with Crippen LogP contribution in [0.15, 0.2) is 29.7 Å². The lowest BCUT2D eigenvalue weighted by Gasteiger charge is -2.10. The molecule has 1 aliphatic rings. The van der Waals surface area contributed by atoms with Gasteiger partial charge in [-0.15, -0.1) is 0 Å². The molecule has 108 valence electrons. The standard InChI is InChI=1S/C14H18N2O3S/c1-11-3-5-12(6-4-11)7-8-20(18,19)15-13-9-14(17)16(2)10-13/h3-8,13,15H,9-10H2,1-2H3/b8-7+. The maximum Gasteiger partial charge on any atom is 0.234 e. The van der Waals surface area contributed by atoms with Gasteiger partial charge in [-0.1, -0.05) is 29.8 Å². The van der Waals surface area contributed by atoms with Gasteiger partial charge >= 0.3 is 0 Å². The van der Waals surface area contributed by atoms with Crippen LogP contribution in [0, 0.1) is 6.92 Å². The first kappa shape index (κ1) is 14.7. The fourth-order valence-corrected chi connectivity index (χ4v) is 3.10. The highest BCUT2D eigenvalue weighted by Gasteiger charge is 2.29. The third-order valence-corrected chi connectivity index (χ3v) is 4.35. The lowest BCUT2D eigenvalue weighted by atomic mass is 10.2. The van der Waals surface area contributed by atoms with Gasteiger partial charge in [0, 0.05) is 31.5 Å². The molecule has 0 saturated carbocycles. The Bertz CT molecular complexity index is 620. The number of nitrogens with one attached hydrogen (secondary N) is 1. The molecule has 1 aromatic carbocycles. The van der Waals surface area contributed by atoms with Gasteiger partial charge in [0.25, 0.3) is 0 Å². The Kier molecular flexibility index (Phi) is 4.25. The summed E-state index contributed by atoms with van der Waals surface area (Å²) >= 11 is 0. The maximum atomic E-state index is 11.9. The average molecular weight is 294 g/mol. The zero-order valence-electron chi connectivity index (χ0n) is 11.5. The summed E-state index contributed by atoms with van der Waals surface area (Å²) < 4.78 is 26.3. The smallest absolute Gasteiger partial charge is 0.234 e. The van der Waals surface area contributed by atoms with Crippen LogP contribution in [0.1, 0.15) is 17.5 Å². The molecule has 1 aliphatic heterocycles. The fraction of sp³-hybridized carbons (Fsp3) is 0.357. The van der Waals surface area contributed by atoms with Crippen molar-refractivity contribution in [3.8, 4) is 0 Å². The van der Waals surface area contributed by atoms with E-state index in [-0.39, 0.29) is 18.4 Å². The molecule has 1 heterocycles. The highest BCUT2D eigenvalue weighted by molar-refractivity contribution is 7.92. The SMILES string of the molecule is Cc1ccc(/C=C/S(=O)(=O)NC2CC(=O)N(C)C2)cc1. The van der Waals surface area contributed by atoms with Gasteiger partial charge in [-0.05, 0) is 18.6 Å². The number of likely N-dealkylation sites (N-methyl/N-ethyl adjacent to an activating group) is 1. The van der Waals surface area contributed by atoms with Crippen molar-refractivity contribution in [1.82, 2.24) is 9.62 Å². The van der Waals surface area contributed by atoms with Crippen LogP contribution in [0.25, 0.3) is 6.08 Å². The lowest BCUT2D eigenvalue weighted by Crippen LogP contribution is -2.35. The van der Waals surface area contributed by atoms with Crippen molar-refractivity contribution in [2.45, 2.75) is 19.4 Å². The zero-order valence-corrected chi connectivity index (χ0v) is 12.4. The topological polar surface area (TPSA) is 66.5 Å². The summed E-state index contributed by atoms with van der Waals surface area (Å²) in [6.45, 7) is 2.38. The molecular weight excluding hydrogens is 276 g/mol. The van der Waals surface area contributed by atoms with Gasteiger partial charge in [-0.3, -0.25) is 4.79 Å². The second kappa shape index (κ2) is 5.76. The van der Waals surface area contributed by atoms with Crippen LogP contribution >= 0.6 is 0 Å². The van der Waals surface area contributed by atoms with Gasteiger partial charge in [0.05, 0.1) is 0 Å². The molecule has 0 radical (unpaired) electrons. The van der Waals surface area contributed by atoms with E-state index in [0.29, 0.717) is 6.54 Å². The number of carbonyl (C=O) groups excluding carboxylic acids is 1. The number of hydrogen-bond donors (Lipinski definition) is 1. The van der Waals surface area contributed by atoms with Crippen molar-refractivity contribution in [1.29, 1.82) is 0 Å². The summed E-state index contributed by atoms with van der Waals surface area (Å²) in [5.41, 5.74) is 1.94. The van der Waals surface area contributed by atoms with Crippen LogP contribution in [0.2, 0.25) is 0 Å². The van der Waals surface area contributed by atoms with E-state index in [1.807, 2.05) is 31.2 Å². The molecule has 0 aliphatic carbocycles. The monoisotopic (exact) mass is 294 g/mol. The highest BCUT2D eigenvalue weighted by atomic mass is 32.2. The molecule has 1 atom stereocenters. The Morgan fingerprint density at radius 2 is 1.95 bits per heavy atom. The first-order valence-electron chi connectivity index (χ1n) is 6.37. The first-order chi connectivity index (χ1) is 9.35. The summed E-state index contributed by atoms with van der Waals surface area (Å²) in [5.74, 6) is -0.0415. The summed E-state index contributed by atoms with van der Waals surface area (Å²) in [6.07, 6.45) is 1.76. The Balaban J connectivity index is 2.01. The van der Waals surface area contributed by atoms with Crippen LogP contribution < -0.4 is 4.72 Å². The average Bonchev–Trinajstić information content (AvgIpc) is 2.67. The van der Waals surface area contributed by atoms with Crippen molar-refractivity contribution >= 4 is 22.0 Å². The third kappa shape index (κ3) is 3.91. The molecule has 1 fully saturated rings. The number of hydrogen-bond acceptors (Lipinski definition) is 3. The summed E-state index contributed by atoms with van der Waals surface area (Å²) in [4.78, 5) is 12.9. The van der Waals surface area contributed by atoms with Crippen molar-refractivity contribution in [2.75, 3.05) is 13.6 Å². The first-order valence-corrected chi connectivity index (χ1v) is 7.91. The maximum absolute atomic E-state index is 11.9. The molecule has 1 aromatic rings. The van der Waals surface area contributed by atoms with E-state index >= 15 is 0 Å². The number of rotatable bonds is 4. The number of likely N-dealkylation sites (tertiary alicyclic amines) is 1. The second-order valence-corrected chi connectivity index (χ2v) is 6.65. The number of amides is 1. The number of sulfonamides is 1. The molecule has 1 unspecified atom stereocenters. The molecule has 2 rings (SSSR count). The van der Waals surface area contributed by atoms with Crippen LogP contribution in [0.4, 0.5) is 0 Å². The van der Waals surface area contributed by atoms with E-state index in [9.17, 15) is 13.2 Å². The molecule has 0 bridgehead atoms. The molecule has 0 spiro atoms. The predicted molar refractivity (Wildman–Crippen MR) is 78.3 cm³/mol. The van der Waals surface area contributed by atoms with E-state index in [1.54, 1.807) is 13.1 Å². The van der Waals surface area contributed by atoms with Crippen LogP contribution in [0.5, 0.6) is 0 Å². The van der Waals surface area contributed by atoms with Crippen molar-refractivity contribution < 1.29 is 13.2 Å². The number of aryl methyl sites for hydroxylation is 1. The Hall–Kier alpha value is -1.66. The van der Waals surface area contributed by atoms with Gasteiger partial charge < -0.3 is 4.90 Å². The van der Waals surface area contributed by atoms with Gasteiger partial charge in [0.15, 0.2) is 0 Å². The molecule has 1 amide bonds. The van der Waals surface area contributed by atoms with Gasteiger partial charge in [0.2, 0.25) is 15.9 Å².